The fourth-order valence-electron chi connectivity index (χ4n) is 1.56. The van der Waals surface area contributed by atoms with Crippen molar-refractivity contribution in [3.8, 4) is 0 Å². The maximum Gasteiger partial charge on any atom is 0.000680 e. The van der Waals surface area contributed by atoms with Gasteiger partial charge in [-0.1, -0.05) is 47.5 Å². The van der Waals surface area contributed by atoms with Gasteiger partial charge >= 0.3 is 0 Å². The van der Waals surface area contributed by atoms with Crippen LogP contribution in [0.2, 0.25) is 0 Å². The van der Waals surface area contributed by atoms with Crippen molar-refractivity contribution in [2.45, 2.75) is 53.9 Å². The molecule has 1 heteroatoms. The van der Waals surface area contributed by atoms with E-state index in [0.717, 1.165) is 11.8 Å². The average Bonchev–Trinajstić information content (AvgIpc) is 2.22. The van der Waals surface area contributed by atoms with Crippen molar-refractivity contribution in [3.63, 3.8) is 0 Å². The lowest BCUT2D eigenvalue weighted by molar-refractivity contribution is 0.230. The third kappa shape index (κ3) is 6.42. The van der Waals surface area contributed by atoms with Crippen molar-refractivity contribution in [3.05, 3.63) is 0 Å². The molecule has 0 aromatic rings. The zero-order valence-corrected chi connectivity index (χ0v) is 10.8. The summed E-state index contributed by atoms with van der Waals surface area (Å²) in [5.74, 6) is 1.74. The number of rotatable bonds is 8. The predicted molar refractivity (Wildman–Crippen MR) is 65.6 cm³/mol. The maximum atomic E-state index is 2.60. The molecule has 2 atom stereocenters. The molecule has 0 amide bonds. The molecule has 0 N–H and O–H groups in total. The van der Waals surface area contributed by atoms with Crippen LogP contribution in [0.15, 0.2) is 0 Å². The Morgan fingerprint density at radius 2 is 1.50 bits per heavy atom. The molecular formula is C13H29N. The standard InChI is InChI=1S/C13H29N/c1-6-12(4)9-10-14(8-3)11-13(5)7-2/h12-13H,6-11H2,1-5H3. The van der Waals surface area contributed by atoms with Gasteiger partial charge < -0.3 is 4.90 Å². The molecule has 0 aliphatic heterocycles. The molecule has 0 aliphatic carbocycles. The topological polar surface area (TPSA) is 3.24 Å². The molecule has 0 aliphatic rings. The first-order valence-electron chi connectivity index (χ1n) is 6.36. The van der Waals surface area contributed by atoms with Gasteiger partial charge in [-0.05, 0) is 31.3 Å². The summed E-state index contributed by atoms with van der Waals surface area (Å²) in [5.41, 5.74) is 0. The number of hydrogen-bond donors (Lipinski definition) is 0. The van der Waals surface area contributed by atoms with Gasteiger partial charge in [0.2, 0.25) is 0 Å². The van der Waals surface area contributed by atoms with Gasteiger partial charge in [-0.3, -0.25) is 0 Å². The molecule has 0 aromatic heterocycles. The van der Waals surface area contributed by atoms with Crippen molar-refractivity contribution in [1.29, 1.82) is 0 Å². The minimum absolute atomic E-state index is 0.854. The Balaban J connectivity index is 3.68. The molecular weight excluding hydrogens is 170 g/mol. The normalized spacial score (nSPS) is 15.9. The Hall–Kier alpha value is -0.0400. The summed E-state index contributed by atoms with van der Waals surface area (Å²) in [4.78, 5) is 2.60. The minimum atomic E-state index is 0.854. The zero-order valence-electron chi connectivity index (χ0n) is 10.8. The summed E-state index contributed by atoms with van der Waals surface area (Å²) >= 11 is 0. The molecule has 0 rings (SSSR count). The van der Waals surface area contributed by atoms with E-state index in [2.05, 4.69) is 39.5 Å². The minimum Gasteiger partial charge on any atom is -0.303 e. The Bertz CT molecular complexity index is 122. The highest BCUT2D eigenvalue weighted by molar-refractivity contribution is 4.62. The molecule has 0 bridgehead atoms. The van der Waals surface area contributed by atoms with E-state index >= 15 is 0 Å². The summed E-state index contributed by atoms with van der Waals surface area (Å²) in [6.07, 6.45) is 3.99. The second kappa shape index (κ2) is 8.28. The molecule has 0 fully saturated rings. The fraction of sp³-hybridized carbons (Fsp3) is 1.00. The highest BCUT2D eigenvalue weighted by Crippen LogP contribution is 2.10. The first-order chi connectivity index (χ1) is 6.63. The number of hydrogen-bond acceptors (Lipinski definition) is 1. The predicted octanol–water partition coefficient (Wildman–Crippen LogP) is 3.79. The average molecular weight is 199 g/mol. The van der Waals surface area contributed by atoms with Gasteiger partial charge in [0.1, 0.15) is 0 Å². The highest BCUT2D eigenvalue weighted by atomic mass is 15.1. The number of nitrogens with zero attached hydrogens (tertiary/aromatic N) is 1. The first kappa shape index (κ1) is 14.0. The van der Waals surface area contributed by atoms with Crippen LogP contribution in [0.3, 0.4) is 0 Å². The largest absolute Gasteiger partial charge is 0.303 e. The summed E-state index contributed by atoms with van der Waals surface area (Å²) in [6.45, 7) is 15.3. The van der Waals surface area contributed by atoms with Crippen molar-refractivity contribution in [1.82, 2.24) is 4.90 Å². The van der Waals surface area contributed by atoms with E-state index in [1.165, 1.54) is 38.9 Å². The molecule has 0 heterocycles. The lowest BCUT2D eigenvalue weighted by Gasteiger charge is -2.24. The first-order valence-corrected chi connectivity index (χ1v) is 6.36. The smallest absolute Gasteiger partial charge is 0.000680 e. The van der Waals surface area contributed by atoms with Gasteiger partial charge in [-0.2, -0.15) is 0 Å². The van der Waals surface area contributed by atoms with Crippen LogP contribution in [-0.4, -0.2) is 24.5 Å². The summed E-state index contributed by atoms with van der Waals surface area (Å²) < 4.78 is 0. The third-order valence-electron chi connectivity index (χ3n) is 3.35. The van der Waals surface area contributed by atoms with Crippen molar-refractivity contribution in [2.24, 2.45) is 11.8 Å². The lowest BCUT2D eigenvalue weighted by atomic mass is 10.0. The maximum absolute atomic E-state index is 2.60. The van der Waals surface area contributed by atoms with Gasteiger partial charge in [-0.25, -0.2) is 0 Å². The monoisotopic (exact) mass is 199 g/mol. The second-order valence-electron chi connectivity index (χ2n) is 4.71. The van der Waals surface area contributed by atoms with Crippen LogP contribution in [0.25, 0.3) is 0 Å². The molecule has 0 radical (unpaired) electrons. The van der Waals surface area contributed by atoms with Crippen molar-refractivity contribution < 1.29 is 0 Å². The van der Waals surface area contributed by atoms with Gasteiger partial charge in [0, 0.05) is 6.54 Å². The molecule has 0 saturated carbocycles. The SMILES string of the molecule is CCC(C)CCN(CC)CC(C)CC. The molecule has 2 unspecified atom stereocenters. The summed E-state index contributed by atoms with van der Waals surface area (Å²) in [7, 11) is 0. The lowest BCUT2D eigenvalue weighted by Crippen LogP contribution is -2.30. The molecule has 86 valence electrons. The highest BCUT2D eigenvalue weighted by Gasteiger charge is 2.08. The van der Waals surface area contributed by atoms with Gasteiger partial charge in [0.25, 0.3) is 0 Å². The van der Waals surface area contributed by atoms with Crippen LogP contribution >= 0.6 is 0 Å². The van der Waals surface area contributed by atoms with Crippen LogP contribution in [0, 0.1) is 11.8 Å². The van der Waals surface area contributed by atoms with Crippen LogP contribution in [-0.2, 0) is 0 Å². The van der Waals surface area contributed by atoms with Crippen LogP contribution < -0.4 is 0 Å². The molecule has 0 saturated heterocycles. The Labute approximate surface area is 90.9 Å². The molecule has 14 heavy (non-hydrogen) atoms. The van der Waals surface area contributed by atoms with Crippen molar-refractivity contribution in [2.75, 3.05) is 19.6 Å². The molecule has 0 aromatic carbocycles. The molecule has 1 nitrogen and oxygen atoms in total. The Morgan fingerprint density at radius 3 is 1.93 bits per heavy atom. The van der Waals surface area contributed by atoms with E-state index < -0.39 is 0 Å². The van der Waals surface area contributed by atoms with Crippen LogP contribution in [0.1, 0.15) is 53.9 Å². The van der Waals surface area contributed by atoms with E-state index in [1.807, 2.05) is 0 Å². The second-order valence-corrected chi connectivity index (χ2v) is 4.71. The van der Waals surface area contributed by atoms with Crippen molar-refractivity contribution >= 4 is 0 Å². The van der Waals surface area contributed by atoms with Gasteiger partial charge in [0.05, 0.1) is 0 Å². The summed E-state index contributed by atoms with van der Waals surface area (Å²) in [6, 6.07) is 0. The van der Waals surface area contributed by atoms with Crippen LogP contribution in [0.4, 0.5) is 0 Å². The van der Waals surface area contributed by atoms with Gasteiger partial charge in [-0.15, -0.1) is 0 Å². The van der Waals surface area contributed by atoms with E-state index in [4.69, 9.17) is 0 Å². The van der Waals surface area contributed by atoms with E-state index in [-0.39, 0.29) is 0 Å². The van der Waals surface area contributed by atoms with E-state index in [1.54, 1.807) is 0 Å². The van der Waals surface area contributed by atoms with E-state index in [9.17, 15) is 0 Å². The van der Waals surface area contributed by atoms with E-state index in [0.29, 0.717) is 0 Å². The molecule has 0 spiro atoms. The fourth-order valence-corrected chi connectivity index (χ4v) is 1.56. The summed E-state index contributed by atoms with van der Waals surface area (Å²) in [5, 5.41) is 0. The Morgan fingerprint density at radius 1 is 0.929 bits per heavy atom. The quantitative estimate of drug-likeness (QED) is 0.575. The van der Waals surface area contributed by atoms with Gasteiger partial charge in [0.15, 0.2) is 0 Å². The zero-order chi connectivity index (χ0) is 11.0. The third-order valence-corrected chi connectivity index (χ3v) is 3.35. The Kier molecular flexibility index (Phi) is 8.26. The van der Waals surface area contributed by atoms with Crippen LogP contribution in [0.5, 0.6) is 0 Å².